The van der Waals surface area contributed by atoms with Crippen LogP contribution in [0.1, 0.15) is 46.5 Å². The van der Waals surface area contributed by atoms with E-state index >= 15 is 0 Å². The molecule has 5 heteroatoms. The van der Waals surface area contributed by atoms with Crippen LogP contribution in [-0.2, 0) is 4.79 Å². The first kappa shape index (κ1) is 14.8. The van der Waals surface area contributed by atoms with Gasteiger partial charge in [-0.3, -0.25) is 4.79 Å². The molecule has 2 atom stereocenters. The third-order valence-electron chi connectivity index (χ3n) is 3.18. The summed E-state index contributed by atoms with van der Waals surface area (Å²) in [7, 11) is 0. The second-order valence-electron chi connectivity index (χ2n) is 6.22. The molecule has 1 aliphatic carbocycles. The number of carboxylic acids is 1. The molecule has 2 amide bonds. The Bertz CT molecular complexity index is 310. The van der Waals surface area contributed by atoms with E-state index in [4.69, 9.17) is 5.11 Å². The fourth-order valence-corrected chi connectivity index (χ4v) is 2.16. The molecule has 0 aromatic rings. The lowest BCUT2D eigenvalue weighted by atomic mass is 9.84. The highest BCUT2D eigenvalue weighted by atomic mass is 16.4. The van der Waals surface area contributed by atoms with E-state index in [1.54, 1.807) is 0 Å². The quantitative estimate of drug-likeness (QED) is 0.722. The second-order valence-corrected chi connectivity index (χ2v) is 6.22. The molecule has 0 bridgehead atoms. The van der Waals surface area contributed by atoms with E-state index in [1.807, 2.05) is 20.8 Å². The molecular weight excluding hydrogens is 232 g/mol. The summed E-state index contributed by atoms with van der Waals surface area (Å²) in [6.07, 6.45) is 3.31. The standard InChI is InChI=1S/C13H24N2O3/c1-13(2,3)8-14-12(18)15-10-7-5-4-6-9(10)11(16)17/h9-10H,4-8H2,1-3H3,(H,16,17)(H2,14,15,18). The number of aliphatic carboxylic acids is 1. The normalized spacial score (nSPS) is 24.4. The summed E-state index contributed by atoms with van der Waals surface area (Å²) in [5.41, 5.74) is 0.0239. The summed E-state index contributed by atoms with van der Waals surface area (Å²) in [6.45, 7) is 6.68. The first-order valence-electron chi connectivity index (χ1n) is 6.57. The molecule has 0 saturated heterocycles. The fourth-order valence-electron chi connectivity index (χ4n) is 2.16. The van der Waals surface area contributed by atoms with Gasteiger partial charge in [0.2, 0.25) is 0 Å². The van der Waals surface area contributed by atoms with Crippen molar-refractivity contribution >= 4 is 12.0 Å². The van der Waals surface area contributed by atoms with Gasteiger partial charge in [-0.1, -0.05) is 33.6 Å². The van der Waals surface area contributed by atoms with Crippen molar-refractivity contribution in [1.29, 1.82) is 0 Å². The number of carboxylic acid groups (broad SMARTS) is 1. The minimum absolute atomic E-state index is 0.0239. The molecule has 2 unspecified atom stereocenters. The van der Waals surface area contributed by atoms with Crippen LogP contribution in [0.2, 0.25) is 0 Å². The molecule has 0 spiro atoms. The van der Waals surface area contributed by atoms with Crippen molar-refractivity contribution in [1.82, 2.24) is 10.6 Å². The first-order chi connectivity index (χ1) is 8.29. The van der Waals surface area contributed by atoms with Crippen LogP contribution in [0, 0.1) is 11.3 Å². The maximum absolute atomic E-state index is 11.7. The van der Waals surface area contributed by atoms with E-state index in [1.165, 1.54) is 0 Å². The number of rotatable bonds is 3. The largest absolute Gasteiger partial charge is 0.481 e. The van der Waals surface area contributed by atoms with Crippen LogP contribution in [0.3, 0.4) is 0 Å². The number of carbonyl (C=O) groups is 2. The molecule has 3 N–H and O–H groups in total. The molecule has 1 rings (SSSR count). The summed E-state index contributed by atoms with van der Waals surface area (Å²) < 4.78 is 0. The topological polar surface area (TPSA) is 78.4 Å². The van der Waals surface area contributed by atoms with Crippen LogP contribution in [0.15, 0.2) is 0 Å². The number of urea groups is 1. The monoisotopic (exact) mass is 256 g/mol. The Kier molecular flexibility index (Phi) is 4.99. The van der Waals surface area contributed by atoms with Crippen molar-refractivity contribution < 1.29 is 14.7 Å². The Morgan fingerprint density at radius 2 is 1.83 bits per heavy atom. The van der Waals surface area contributed by atoms with Crippen molar-refractivity contribution in [2.75, 3.05) is 6.54 Å². The van der Waals surface area contributed by atoms with Gasteiger partial charge in [-0.05, 0) is 18.3 Å². The summed E-state index contributed by atoms with van der Waals surface area (Å²) >= 11 is 0. The zero-order valence-electron chi connectivity index (χ0n) is 11.5. The molecule has 0 aromatic carbocycles. The summed E-state index contributed by atoms with van der Waals surface area (Å²) in [6, 6.07) is -0.501. The zero-order valence-corrected chi connectivity index (χ0v) is 11.5. The van der Waals surface area contributed by atoms with E-state index in [0.29, 0.717) is 13.0 Å². The predicted octanol–water partition coefficient (Wildman–Crippen LogP) is 1.98. The number of hydrogen-bond acceptors (Lipinski definition) is 2. The van der Waals surface area contributed by atoms with E-state index < -0.39 is 11.9 Å². The Labute approximate surface area is 108 Å². The lowest BCUT2D eigenvalue weighted by molar-refractivity contribution is -0.143. The van der Waals surface area contributed by atoms with Crippen LogP contribution in [0.25, 0.3) is 0 Å². The van der Waals surface area contributed by atoms with E-state index in [2.05, 4.69) is 10.6 Å². The molecule has 0 heterocycles. The number of amides is 2. The zero-order chi connectivity index (χ0) is 13.8. The van der Waals surface area contributed by atoms with Crippen molar-refractivity contribution in [2.45, 2.75) is 52.5 Å². The fraction of sp³-hybridized carbons (Fsp3) is 0.846. The molecular formula is C13H24N2O3. The highest BCUT2D eigenvalue weighted by Gasteiger charge is 2.31. The SMILES string of the molecule is CC(C)(C)CNC(=O)NC1CCCCC1C(=O)O. The third kappa shape index (κ3) is 4.94. The van der Waals surface area contributed by atoms with Crippen molar-refractivity contribution in [2.24, 2.45) is 11.3 Å². The van der Waals surface area contributed by atoms with Gasteiger partial charge in [0.05, 0.1) is 5.92 Å². The molecule has 5 nitrogen and oxygen atoms in total. The van der Waals surface area contributed by atoms with E-state index in [9.17, 15) is 9.59 Å². The average Bonchev–Trinajstić information content (AvgIpc) is 2.26. The number of hydrogen-bond donors (Lipinski definition) is 3. The average molecular weight is 256 g/mol. The smallest absolute Gasteiger partial charge is 0.315 e. The van der Waals surface area contributed by atoms with Gasteiger partial charge >= 0.3 is 12.0 Å². The molecule has 1 aliphatic rings. The number of nitrogens with one attached hydrogen (secondary N) is 2. The molecule has 0 aromatic heterocycles. The van der Waals surface area contributed by atoms with Gasteiger partial charge in [0.15, 0.2) is 0 Å². The van der Waals surface area contributed by atoms with Crippen LogP contribution in [-0.4, -0.2) is 29.7 Å². The Morgan fingerprint density at radius 3 is 2.39 bits per heavy atom. The maximum atomic E-state index is 11.7. The van der Waals surface area contributed by atoms with Crippen LogP contribution < -0.4 is 10.6 Å². The molecule has 18 heavy (non-hydrogen) atoms. The van der Waals surface area contributed by atoms with Crippen molar-refractivity contribution in [3.63, 3.8) is 0 Å². The molecule has 0 aliphatic heterocycles. The van der Waals surface area contributed by atoms with E-state index in [-0.39, 0.29) is 17.5 Å². The van der Waals surface area contributed by atoms with Gasteiger partial charge in [-0.25, -0.2) is 4.79 Å². The highest BCUT2D eigenvalue weighted by molar-refractivity contribution is 5.76. The third-order valence-corrected chi connectivity index (χ3v) is 3.18. The van der Waals surface area contributed by atoms with E-state index in [0.717, 1.165) is 19.3 Å². The first-order valence-corrected chi connectivity index (χ1v) is 6.57. The lowest BCUT2D eigenvalue weighted by Crippen LogP contribution is -2.50. The summed E-state index contributed by atoms with van der Waals surface area (Å²) in [4.78, 5) is 22.8. The van der Waals surface area contributed by atoms with Gasteiger partial charge in [0, 0.05) is 12.6 Å². The molecule has 1 saturated carbocycles. The number of carbonyl (C=O) groups excluding carboxylic acids is 1. The Hall–Kier alpha value is -1.26. The van der Waals surface area contributed by atoms with Crippen LogP contribution in [0.5, 0.6) is 0 Å². The van der Waals surface area contributed by atoms with Gasteiger partial charge in [-0.2, -0.15) is 0 Å². The highest BCUT2D eigenvalue weighted by Crippen LogP contribution is 2.24. The van der Waals surface area contributed by atoms with Crippen molar-refractivity contribution in [3.8, 4) is 0 Å². The molecule has 0 radical (unpaired) electrons. The van der Waals surface area contributed by atoms with Gasteiger partial charge in [0.1, 0.15) is 0 Å². The van der Waals surface area contributed by atoms with Crippen LogP contribution >= 0.6 is 0 Å². The summed E-state index contributed by atoms with van der Waals surface area (Å²) in [5, 5.41) is 14.7. The van der Waals surface area contributed by atoms with Gasteiger partial charge in [0.25, 0.3) is 0 Å². The Balaban J connectivity index is 2.44. The van der Waals surface area contributed by atoms with Crippen molar-refractivity contribution in [3.05, 3.63) is 0 Å². The maximum Gasteiger partial charge on any atom is 0.315 e. The van der Waals surface area contributed by atoms with Crippen LogP contribution in [0.4, 0.5) is 4.79 Å². The molecule has 104 valence electrons. The predicted molar refractivity (Wildman–Crippen MR) is 69.4 cm³/mol. The lowest BCUT2D eigenvalue weighted by Gasteiger charge is -2.29. The molecule has 1 fully saturated rings. The van der Waals surface area contributed by atoms with Gasteiger partial charge < -0.3 is 15.7 Å². The minimum atomic E-state index is -0.809. The summed E-state index contributed by atoms with van der Waals surface area (Å²) in [5.74, 6) is -1.25. The Morgan fingerprint density at radius 1 is 1.22 bits per heavy atom. The minimum Gasteiger partial charge on any atom is -0.481 e. The van der Waals surface area contributed by atoms with Gasteiger partial charge in [-0.15, -0.1) is 0 Å². The second kappa shape index (κ2) is 6.07.